The second-order valence-electron chi connectivity index (χ2n) is 5.00. The first-order valence-electron chi connectivity index (χ1n) is 6.15. The molecule has 1 aromatic carbocycles. The summed E-state index contributed by atoms with van der Waals surface area (Å²) in [5, 5.41) is 20.0. The summed E-state index contributed by atoms with van der Waals surface area (Å²) in [6, 6.07) is 2.16. The molecule has 1 aromatic rings. The number of aryl methyl sites for hydroxylation is 1. The summed E-state index contributed by atoms with van der Waals surface area (Å²) >= 11 is 5.74. The first kappa shape index (κ1) is 17.8. The molecule has 0 aliphatic heterocycles. The van der Waals surface area contributed by atoms with Crippen molar-refractivity contribution in [3.63, 3.8) is 0 Å². The van der Waals surface area contributed by atoms with Crippen molar-refractivity contribution in [2.75, 3.05) is 6.61 Å². The zero-order valence-corrected chi connectivity index (χ0v) is 13.5. The molecule has 0 amide bonds. The van der Waals surface area contributed by atoms with Crippen molar-refractivity contribution >= 4 is 27.3 Å². The van der Waals surface area contributed by atoms with Crippen LogP contribution in [-0.4, -0.2) is 30.6 Å². The first-order chi connectivity index (χ1) is 9.56. The number of aliphatic hydroxyl groups excluding tert-OH is 1. The number of rotatable bonds is 6. The summed E-state index contributed by atoms with van der Waals surface area (Å²) in [4.78, 5) is 9.90. The van der Waals surface area contributed by atoms with E-state index in [2.05, 4.69) is 4.72 Å². The Balaban J connectivity index is 3.39. The highest BCUT2D eigenvalue weighted by atomic mass is 35.5. The molecule has 0 spiro atoms. The van der Waals surface area contributed by atoms with Crippen LogP contribution in [0, 0.1) is 17.0 Å². The number of halogens is 1. The Bertz CT molecular complexity index is 656. The highest BCUT2D eigenvalue weighted by Crippen LogP contribution is 2.30. The van der Waals surface area contributed by atoms with Gasteiger partial charge in [-0.05, 0) is 31.9 Å². The van der Waals surface area contributed by atoms with Gasteiger partial charge in [0.15, 0.2) is 0 Å². The number of nitrogens with one attached hydrogen (secondary N) is 1. The lowest BCUT2D eigenvalue weighted by atomic mass is 10.0. The molecule has 1 unspecified atom stereocenters. The molecule has 9 heteroatoms. The van der Waals surface area contributed by atoms with Crippen LogP contribution < -0.4 is 4.72 Å². The molecule has 21 heavy (non-hydrogen) atoms. The molecule has 0 saturated carbocycles. The molecule has 0 fully saturated rings. The van der Waals surface area contributed by atoms with Crippen molar-refractivity contribution in [3.8, 4) is 0 Å². The van der Waals surface area contributed by atoms with E-state index in [1.54, 1.807) is 13.8 Å². The lowest BCUT2D eigenvalue weighted by Crippen LogP contribution is -2.48. The third kappa shape index (κ3) is 3.91. The van der Waals surface area contributed by atoms with Crippen molar-refractivity contribution in [1.82, 2.24) is 4.72 Å². The molecule has 2 N–H and O–H groups in total. The van der Waals surface area contributed by atoms with Gasteiger partial charge in [-0.2, -0.15) is 0 Å². The van der Waals surface area contributed by atoms with Gasteiger partial charge >= 0.3 is 0 Å². The molecule has 0 radical (unpaired) electrons. The molecular formula is C12H17ClN2O5S. The number of aliphatic hydroxyl groups is 1. The van der Waals surface area contributed by atoms with E-state index in [9.17, 15) is 23.6 Å². The topological polar surface area (TPSA) is 110 Å². The van der Waals surface area contributed by atoms with Crippen LogP contribution in [-0.2, 0) is 10.0 Å². The van der Waals surface area contributed by atoms with E-state index in [0.29, 0.717) is 6.42 Å². The van der Waals surface area contributed by atoms with Gasteiger partial charge in [-0.15, -0.1) is 0 Å². The summed E-state index contributed by atoms with van der Waals surface area (Å²) in [5.41, 5.74) is -1.24. The zero-order chi connectivity index (χ0) is 16.4. The zero-order valence-electron chi connectivity index (χ0n) is 11.9. The number of nitro groups is 1. The van der Waals surface area contributed by atoms with Gasteiger partial charge in [0.05, 0.1) is 22.0 Å². The van der Waals surface area contributed by atoms with Crippen LogP contribution in [0.25, 0.3) is 0 Å². The molecular weight excluding hydrogens is 320 g/mol. The molecule has 7 nitrogen and oxygen atoms in total. The van der Waals surface area contributed by atoms with E-state index < -0.39 is 32.8 Å². The van der Waals surface area contributed by atoms with Gasteiger partial charge in [0, 0.05) is 6.07 Å². The minimum Gasteiger partial charge on any atom is -0.394 e. The summed E-state index contributed by atoms with van der Waals surface area (Å²) in [6.07, 6.45) is 0.359. The molecule has 0 saturated heterocycles. The molecule has 118 valence electrons. The molecule has 0 aliphatic rings. The van der Waals surface area contributed by atoms with E-state index in [0.717, 1.165) is 6.07 Å². The minimum absolute atomic E-state index is 0.128. The lowest BCUT2D eigenvalue weighted by molar-refractivity contribution is -0.384. The number of nitro benzene ring substituents is 1. The standard InChI is InChI=1S/C12H17ClN2O5S/c1-4-12(3,7-16)14-21(19,20)11-6-10(15(17)18)9(13)5-8(11)2/h5-6,14,16H,4,7H2,1-3H3. The smallest absolute Gasteiger partial charge is 0.289 e. The van der Waals surface area contributed by atoms with Crippen molar-refractivity contribution in [2.45, 2.75) is 37.6 Å². The summed E-state index contributed by atoms with van der Waals surface area (Å²) in [6.45, 7) is 4.37. The van der Waals surface area contributed by atoms with Crippen molar-refractivity contribution in [2.24, 2.45) is 0 Å². The Labute approximate surface area is 128 Å². The molecule has 0 bridgehead atoms. The Morgan fingerprint density at radius 2 is 2.05 bits per heavy atom. The Morgan fingerprint density at radius 1 is 1.48 bits per heavy atom. The van der Waals surface area contributed by atoms with Crippen LogP contribution in [0.3, 0.4) is 0 Å². The molecule has 0 heterocycles. The maximum absolute atomic E-state index is 12.4. The largest absolute Gasteiger partial charge is 0.394 e. The molecule has 0 aromatic heterocycles. The van der Waals surface area contributed by atoms with Crippen molar-refractivity contribution in [3.05, 3.63) is 32.8 Å². The van der Waals surface area contributed by atoms with Gasteiger partial charge in [-0.3, -0.25) is 10.1 Å². The van der Waals surface area contributed by atoms with E-state index >= 15 is 0 Å². The Kier molecular flexibility index (Phi) is 5.32. The Morgan fingerprint density at radius 3 is 2.48 bits per heavy atom. The maximum Gasteiger partial charge on any atom is 0.289 e. The quantitative estimate of drug-likeness (QED) is 0.610. The predicted octanol–water partition coefficient (Wildman–Crippen LogP) is 2.00. The fraction of sp³-hybridized carbons (Fsp3) is 0.500. The highest BCUT2D eigenvalue weighted by molar-refractivity contribution is 7.89. The maximum atomic E-state index is 12.4. The van der Waals surface area contributed by atoms with E-state index in [1.807, 2.05) is 0 Å². The second-order valence-corrected chi connectivity index (χ2v) is 7.06. The van der Waals surface area contributed by atoms with E-state index in [4.69, 9.17) is 11.6 Å². The normalized spacial score (nSPS) is 14.7. The molecule has 0 aliphatic carbocycles. The van der Waals surface area contributed by atoms with Gasteiger partial charge in [-0.25, -0.2) is 13.1 Å². The Hall–Kier alpha value is -1.22. The van der Waals surface area contributed by atoms with Gasteiger partial charge in [-0.1, -0.05) is 18.5 Å². The first-order valence-corrected chi connectivity index (χ1v) is 8.02. The predicted molar refractivity (Wildman–Crippen MR) is 78.9 cm³/mol. The lowest BCUT2D eigenvalue weighted by Gasteiger charge is -2.27. The van der Waals surface area contributed by atoms with Crippen LogP contribution in [0.1, 0.15) is 25.8 Å². The van der Waals surface area contributed by atoms with Crippen LogP contribution in [0.5, 0.6) is 0 Å². The summed E-state index contributed by atoms with van der Waals surface area (Å²) < 4.78 is 27.1. The van der Waals surface area contributed by atoms with Crippen molar-refractivity contribution < 1.29 is 18.4 Å². The number of sulfonamides is 1. The fourth-order valence-electron chi connectivity index (χ4n) is 1.67. The van der Waals surface area contributed by atoms with Crippen LogP contribution in [0.15, 0.2) is 17.0 Å². The summed E-state index contributed by atoms with van der Waals surface area (Å²) in [7, 11) is -4.02. The SMILES string of the molecule is CCC(C)(CO)NS(=O)(=O)c1cc([N+](=O)[O-])c(Cl)cc1C. The van der Waals surface area contributed by atoms with Gasteiger partial charge in [0.2, 0.25) is 10.0 Å². The fourth-order valence-corrected chi connectivity index (χ4v) is 3.67. The highest BCUT2D eigenvalue weighted by Gasteiger charge is 2.31. The second kappa shape index (κ2) is 6.27. The van der Waals surface area contributed by atoms with Crippen LogP contribution >= 0.6 is 11.6 Å². The molecule has 1 atom stereocenters. The van der Waals surface area contributed by atoms with Gasteiger partial charge < -0.3 is 5.11 Å². The van der Waals surface area contributed by atoms with Crippen LogP contribution in [0.2, 0.25) is 5.02 Å². The van der Waals surface area contributed by atoms with Gasteiger partial charge in [0.25, 0.3) is 5.69 Å². The van der Waals surface area contributed by atoms with E-state index in [-0.39, 0.29) is 15.5 Å². The van der Waals surface area contributed by atoms with Gasteiger partial charge in [0.1, 0.15) is 5.02 Å². The average molecular weight is 337 g/mol. The van der Waals surface area contributed by atoms with E-state index in [1.165, 1.54) is 13.0 Å². The monoisotopic (exact) mass is 336 g/mol. The minimum atomic E-state index is -4.02. The number of hydrogen-bond donors (Lipinski definition) is 2. The molecule has 1 rings (SSSR count). The third-order valence-corrected chi connectivity index (χ3v) is 5.32. The van der Waals surface area contributed by atoms with Crippen LogP contribution in [0.4, 0.5) is 5.69 Å². The number of benzene rings is 1. The third-order valence-electron chi connectivity index (χ3n) is 3.24. The average Bonchev–Trinajstić information content (AvgIpc) is 2.37. The summed E-state index contributed by atoms with van der Waals surface area (Å²) in [5.74, 6) is 0. The number of hydrogen-bond acceptors (Lipinski definition) is 5. The number of nitrogens with zero attached hydrogens (tertiary/aromatic N) is 1. The van der Waals surface area contributed by atoms with Crippen molar-refractivity contribution in [1.29, 1.82) is 0 Å².